The van der Waals surface area contributed by atoms with E-state index >= 15 is 0 Å². The highest BCUT2D eigenvalue weighted by atomic mass is 79.9. The maximum atomic E-state index is 12.9. The van der Waals surface area contributed by atoms with Gasteiger partial charge in [0.25, 0.3) is 11.1 Å². The highest BCUT2D eigenvalue weighted by molar-refractivity contribution is 9.11. The van der Waals surface area contributed by atoms with Crippen LogP contribution in [-0.2, 0) is 17.9 Å². The monoisotopic (exact) mass is 625 g/mol. The third-order valence-corrected chi connectivity index (χ3v) is 7.43. The van der Waals surface area contributed by atoms with Crippen LogP contribution in [0.4, 0.5) is 4.79 Å². The molecule has 3 aromatic carbocycles. The van der Waals surface area contributed by atoms with Gasteiger partial charge >= 0.3 is 0 Å². The molecule has 0 bridgehead atoms. The van der Waals surface area contributed by atoms with E-state index in [0.717, 1.165) is 31.8 Å². The summed E-state index contributed by atoms with van der Waals surface area (Å²) in [5, 5.41) is 0.549. The van der Waals surface area contributed by atoms with Crippen molar-refractivity contribution in [2.75, 3.05) is 0 Å². The lowest BCUT2D eigenvalue weighted by Crippen LogP contribution is -2.27. The van der Waals surface area contributed by atoms with Gasteiger partial charge in [0.1, 0.15) is 12.4 Å². The number of benzene rings is 3. The minimum absolute atomic E-state index is 0.0810. The van der Waals surface area contributed by atoms with Crippen molar-refractivity contribution in [3.8, 4) is 5.75 Å². The first-order chi connectivity index (χ1) is 15.8. The molecule has 1 heterocycles. The Morgan fingerprint density at radius 1 is 0.970 bits per heavy atom. The number of halogens is 4. The number of carbonyl (C=O) groups excluding carboxylic acids is 2. The average Bonchev–Trinajstić information content (AvgIpc) is 3.03. The number of ether oxygens (including phenoxy) is 1. The molecule has 2 amide bonds. The number of imide groups is 1. The molecule has 4 nitrogen and oxygen atoms in total. The zero-order chi connectivity index (χ0) is 23.5. The van der Waals surface area contributed by atoms with Crippen molar-refractivity contribution in [1.82, 2.24) is 4.90 Å². The van der Waals surface area contributed by atoms with Crippen molar-refractivity contribution >= 4 is 84.0 Å². The molecule has 0 spiro atoms. The Balaban J connectivity index is 1.51. The van der Waals surface area contributed by atoms with Crippen LogP contribution >= 0.6 is 66.8 Å². The molecule has 0 radical (unpaired) electrons. The fraction of sp³-hybridized carbons (Fsp3) is 0.0833. The van der Waals surface area contributed by atoms with E-state index in [1.807, 2.05) is 42.5 Å². The van der Waals surface area contributed by atoms with Crippen LogP contribution in [0.3, 0.4) is 0 Å². The third kappa shape index (κ3) is 5.84. The van der Waals surface area contributed by atoms with Gasteiger partial charge in [0.05, 0.1) is 20.4 Å². The highest BCUT2D eigenvalue weighted by Gasteiger charge is 2.35. The van der Waals surface area contributed by atoms with E-state index in [1.54, 1.807) is 24.3 Å². The van der Waals surface area contributed by atoms with Crippen LogP contribution in [0.25, 0.3) is 6.08 Å². The van der Waals surface area contributed by atoms with E-state index in [4.69, 9.17) is 27.9 Å². The number of thioether (sulfide) groups is 1. The summed E-state index contributed by atoms with van der Waals surface area (Å²) in [7, 11) is 0. The Kier molecular flexibility index (Phi) is 7.87. The molecule has 168 valence electrons. The third-order valence-electron chi connectivity index (χ3n) is 4.76. The van der Waals surface area contributed by atoms with Gasteiger partial charge < -0.3 is 4.74 Å². The van der Waals surface area contributed by atoms with E-state index in [0.29, 0.717) is 32.9 Å². The Bertz CT molecular complexity index is 1240. The second-order valence-corrected chi connectivity index (χ2v) is 10.6. The molecule has 0 aromatic heterocycles. The fourth-order valence-electron chi connectivity index (χ4n) is 3.14. The Morgan fingerprint density at radius 2 is 1.67 bits per heavy atom. The topological polar surface area (TPSA) is 46.6 Å². The molecule has 33 heavy (non-hydrogen) atoms. The lowest BCUT2D eigenvalue weighted by Gasteiger charge is -2.14. The zero-order valence-electron chi connectivity index (χ0n) is 16.9. The molecule has 4 rings (SSSR count). The fourth-order valence-corrected chi connectivity index (χ4v) is 5.90. The number of amides is 2. The number of rotatable bonds is 6. The van der Waals surface area contributed by atoms with Crippen molar-refractivity contribution < 1.29 is 14.3 Å². The van der Waals surface area contributed by atoms with Gasteiger partial charge in [0, 0.05) is 10.0 Å². The summed E-state index contributed by atoms with van der Waals surface area (Å²) in [5.41, 5.74) is 2.45. The van der Waals surface area contributed by atoms with Crippen LogP contribution in [0.15, 0.2) is 74.5 Å². The molecule has 9 heteroatoms. The van der Waals surface area contributed by atoms with Gasteiger partial charge in [-0.15, -0.1) is 0 Å². The minimum Gasteiger partial charge on any atom is -0.487 e. The van der Waals surface area contributed by atoms with Crippen LogP contribution in [-0.4, -0.2) is 16.0 Å². The summed E-state index contributed by atoms with van der Waals surface area (Å²) in [6.07, 6.45) is 1.69. The Hall–Kier alpha value is -1.77. The smallest absolute Gasteiger partial charge is 0.293 e. The van der Waals surface area contributed by atoms with Crippen LogP contribution in [0.5, 0.6) is 5.75 Å². The van der Waals surface area contributed by atoms with E-state index in [1.165, 1.54) is 4.90 Å². The first-order valence-corrected chi connectivity index (χ1v) is 12.8. The Morgan fingerprint density at radius 3 is 2.33 bits per heavy atom. The van der Waals surface area contributed by atoms with Crippen molar-refractivity contribution in [1.29, 1.82) is 0 Å². The van der Waals surface area contributed by atoms with Crippen LogP contribution in [0.1, 0.15) is 16.7 Å². The quantitative estimate of drug-likeness (QED) is 0.258. The molecule has 3 aromatic rings. The summed E-state index contributed by atoms with van der Waals surface area (Å²) in [4.78, 5) is 26.9. The van der Waals surface area contributed by atoms with Crippen molar-refractivity contribution in [3.05, 3.63) is 101 Å². The minimum atomic E-state index is -0.368. The first-order valence-electron chi connectivity index (χ1n) is 9.67. The normalized spacial score (nSPS) is 14.9. The number of nitrogens with zero attached hydrogens (tertiary/aromatic N) is 1. The largest absolute Gasteiger partial charge is 0.487 e. The lowest BCUT2D eigenvalue weighted by atomic mass is 10.2. The standard InChI is InChI=1S/C24H15Br2Cl2NO3S/c25-18-8-15(9-19(26)22(18)32-13-14-4-2-1-3-5-14)10-21-23(30)29(24(31)33-21)12-16-6-7-17(27)11-20(16)28/h1-11H,12-13H2/b21-10-. The van der Waals surface area contributed by atoms with Crippen LogP contribution in [0.2, 0.25) is 10.0 Å². The van der Waals surface area contributed by atoms with Crippen molar-refractivity contribution in [2.24, 2.45) is 0 Å². The summed E-state index contributed by atoms with van der Waals surface area (Å²) in [6, 6.07) is 18.5. The van der Waals surface area contributed by atoms with Crippen molar-refractivity contribution in [3.63, 3.8) is 0 Å². The van der Waals surface area contributed by atoms with Gasteiger partial charge in [-0.1, -0.05) is 59.6 Å². The summed E-state index contributed by atoms with van der Waals surface area (Å²) >= 11 is 20.1. The van der Waals surface area contributed by atoms with E-state index in [2.05, 4.69) is 31.9 Å². The zero-order valence-corrected chi connectivity index (χ0v) is 22.4. The van der Waals surface area contributed by atoms with Gasteiger partial charge in [0.2, 0.25) is 0 Å². The number of carbonyl (C=O) groups is 2. The molecule has 0 unspecified atom stereocenters. The summed E-state index contributed by atoms with van der Waals surface area (Å²) < 4.78 is 7.40. The molecule has 0 atom stereocenters. The molecule has 1 aliphatic heterocycles. The molecular weight excluding hydrogens is 613 g/mol. The van der Waals surface area contributed by atoms with E-state index < -0.39 is 0 Å². The van der Waals surface area contributed by atoms with Gasteiger partial charge in [-0.3, -0.25) is 14.5 Å². The van der Waals surface area contributed by atoms with E-state index in [-0.39, 0.29) is 17.7 Å². The van der Waals surface area contributed by atoms with Gasteiger partial charge in [-0.2, -0.15) is 0 Å². The molecule has 1 fully saturated rings. The van der Waals surface area contributed by atoms with Gasteiger partial charge in [-0.25, -0.2) is 0 Å². The number of hydrogen-bond acceptors (Lipinski definition) is 4. The first kappa shape index (κ1) is 24.4. The predicted molar refractivity (Wildman–Crippen MR) is 141 cm³/mol. The molecular formula is C24H15Br2Cl2NO3S. The van der Waals surface area contributed by atoms with Crippen LogP contribution in [0, 0.1) is 0 Å². The molecule has 0 aliphatic carbocycles. The second kappa shape index (κ2) is 10.7. The summed E-state index contributed by atoms with van der Waals surface area (Å²) in [6.45, 7) is 0.501. The van der Waals surface area contributed by atoms with Gasteiger partial charge in [-0.05, 0) is 90.7 Å². The predicted octanol–water partition coefficient (Wildman–Crippen LogP) is 8.33. The molecule has 1 saturated heterocycles. The SMILES string of the molecule is O=C1S/C(=C\c2cc(Br)c(OCc3ccccc3)c(Br)c2)C(=O)N1Cc1ccc(Cl)cc1Cl. The maximum Gasteiger partial charge on any atom is 0.293 e. The Labute approximate surface area is 222 Å². The molecule has 0 N–H and O–H groups in total. The van der Waals surface area contributed by atoms with E-state index in [9.17, 15) is 9.59 Å². The van der Waals surface area contributed by atoms with Crippen LogP contribution < -0.4 is 4.74 Å². The lowest BCUT2D eigenvalue weighted by molar-refractivity contribution is -0.123. The maximum absolute atomic E-state index is 12.9. The average molecular weight is 628 g/mol. The molecule has 0 saturated carbocycles. The van der Waals surface area contributed by atoms with Crippen molar-refractivity contribution in [2.45, 2.75) is 13.2 Å². The van der Waals surface area contributed by atoms with Gasteiger partial charge in [0.15, 0.2) is 0 Å². The highest BCUT2D eigenvalue weighted by Crippen LogP contribution is 2.38. The second-order valence-electron chi connectivity index (χ2n) is 7.09. The summed E-state index contributed by atoms with van der Waals surface area (Å²) in [5.74, 6) is 0.286. The molecule has 1 aliphatic rings. The number of hydrogen-bond donors (Lipinski definition) is 0.